The average molecular weight is 660 g/mol. The van der Waals surface area contributed by atoms with Crippen LogP contribution < -0.4 is 0 Å². The minimum atomic E-state index is -0.448. The summed E-state index contributed by atoms with van der Waals surface area (Å²) >= 11 is 0. The SMILES string of the molecule is c1ccc2c(c1)-c1ccccc1C21c2cc3cc(-c4ccc(-c5cn6cccnc6n5)cc4)ccc3cc2-c2c1c1ccccc1c1ccccc21. The lowest BCUT2D eigenvalue weighted by Gasteiger charge is -2.32. The first kappa shape index (κ1) is 27.9. The highest BCUT2D eigenvalue weighted by molar-refractivity contribution is 6.20. The fraction of sp³-hybridized carbons (Fsp3) is 0.0204. The van der Waals surface area contributed by atoms with Gasteiger partial charge in [0.15, 0.2) is 0 Å². The van der Waals surface area contributed by atoms with E-state index < -0.39 is 5.41 Å². The van der Waals surface area contributed by atoms with Gasteiger partial charge in [-0.3, -0.25) is 4.40 Å². The summed E-state index contributed by atoms with van der Waals surface area (Å²) in [4.78, 5) is 9.13. The van der Waals surface area contributed by atoms with Crippen LogP contribution in [-0.2, 0) is 5.41 Å². The third-order valence-electron chi connectivity index (χ3n) is 11.7. The van der Waals surface area contributed by atoms with Crippen molar-refractivity contribution in [3.63, 3.8) is 0 Å². The van der Waals surface area contributed by atoms with Gasteiger partial charge in [-0.05, 0) is 112 Å². The van der Waals surface area contributed by atoms with Gasteiger partial charge in [-0.25, -0.2) is 9.97 Å². The van der Waals surface area contributed by atoms with Crippen molar-refractivity contribution in [3.8, 4) is 44.6 Å². The van der Waals surface area contributed by atoms with Crippen molar-refractivity contribution in [2.24, 2.45) is 0 Å². The Hall–Kier alpha value is -6.84. The molecule has 2 aromatic heterocycles. The minimum Gasteiger partial charge on any atom is -0.291 e. The van der Waals surface area contributed by atoms with Crippen LogP contribution in [0.25, 0.3) is 82.7 Å². The molecule has 0 unspecified atom stereocenters. The highest BCUT2D eigenvalue weighted by Crippen LogP contribution is 2.65. The fourth-order valence-corrected chi connectivity index (χ4v) is 9.54. The monoisotopic (exact) mass is 659 g/mol. The summed E-state index contributed by atoms with van der Waals surface area (Å²) in [7, 11) is 0. The molecule has 0 N–H and O–H groups in total. The second-order valence-electron chi connectivity index (χ2n) is 14.2. The van der Waals surface area contributed by atoms with Gasteiger partial charge in [0.05, 0.1) is 11.1 Å². The van der Waals surface area contributed by atoms with Gasteiger partial charge in [-0.15, -0.1) is 0 Å². The Labute approximate surface area is 300 Å². The maximum Gasteiger partial charge on any atom is 0.234 e. The summed E-state index contributed by atoms with van der Waals surface area (Å²) in [6, 6.07) is 58.8. The summed E-state index contributed by atoms with van der Waals surface area (Å²) in [5.41, 5.74) is 14.8. The predicted octanol–water partition coefficient (Wildman–Crippen LogP) is 11.9. The Balaban J connectivity index is 1.12. The molecule has 240 valence electrons. The number of rotatable bonds is 2. The zero-order valence-corrected chi connectivity index (χ0v) is 28.1. The van der Waals surface area contributed by atoms with Gasteiger partial charge in [0.1, 0.15) is 0 Å². The van der Waals surface area contributed by atoms with E-state index in [1.807, 2.05) is 22.9 Å². The van der Waals surface area contributed by atoms with Crippen LogP contribution in [0.15, 0.2) is 176 Å². The molecule has 0 atom stereocenters. The zero-order valence-electron chi connectivity index (χ0n) is 28.1. The molecule has 12 rings (SSSR count). The first-order valence-electron chi connectivity index (χ1n) is 17.9. The van der Waals surface area contributed by atoms with E-state index in [1.165, 1.54) is 88.0 Å². The quantitative estimate of drug-likeness (QED) is 0.173. The molecule has 0 fully saturated rings. The molecular formula is C49H29N3. The van der Waals surface area contributed by atoms with E-state index in [0.717, 1.165) is 11.3 Å². The summed E-state index contributed by atoms with van der Waals surface area (Å²) in [5, 5.41) is 7.74. The summed E-state index contributed by atoms with van der Waals surface area (Å²) in [6.07, 6.45) is 5.79. The number of nitrogens with zero attached hydrogens (tertiary/aromatic N) is 3. The molecule has 3 nitrogen and oxygen atoms in total. The van der Waals surface area contributed by atoms with Crippen molar-refractivity contribution in [1.29, 1.82) is 0 Å². The van der Waals surface area contributed by atoms with Gasteiger partial charge in [0, 0.05) is 24.2 Å². The number of benzene rings is 8. The molecule has 52 heavy (non-hydrogen) atoms. The van der Waals surface area contributed by atoms with Gasteiger partial charge in [-0.2, -0.15) is 0 Å². The number of fused-ring (bicyclic) bond motifs is 17. The van der Waals surface area contributed by atoms with Gasteiger partial charge in [-0.1, -0.05) is 133 Å². The van der Waals surface area contributed by atoms with Crippen LogP contribution >= 0.6 is 0 Å². The maximum absolute atomic E-state index is 4.73. The van der Waals surface area contributed by atoms with Crippen molar-refractivity contribution < 1.29 is 0 Å². The van der Waals surface area contributed by atoms with Crippen molar-refractivity contribution in [2.75, 3.05) is 0 Å². The molecule has 0 saturated carbocycles. The van der Waals surface area contributed by atoms with Gasteiger partial charge >= 0.3 is 0 Å². The van der Waals surface area contributed by atoms with Gasteiger partial charge < -0.3 is 0 Å². The molecule has 2 aliphatic carbocycles. The van der Waals surface area contributed by atoms with Gasteiger partial charge in [0.25, 0.3) is 0 Å². The van der Waals surface area contributed by atoms with E-state index in [9.17, 15) is 0 Å². The molecule has 0 radical (unpaired) electrons. The summed E-state index contributed by atoms with van der Waals surface area (Å²) in [5.74, 6) is 0.706. The topological polar surface area (TPSA) is 30.2 Å². The molecule has 0 amide bonds. The maximum atomic E-state index is 4.73. The molecule has 3 heteroatoms. The smallest absolute Gasteiger partial charge is 0.234 e. The number of imidazole rings is 1. The van der Waals surface area contributed by atoms with Crippen LogP contribution in [0, 0.1) is 0 Å². The Morgan fingerprint density at radius 1 is 0.462 bits per heavy atom. The Bertz CT molecular complexity index is 3050. The second kappa shape index (κ2) is 10.1. The van der Waals surface area contributed by atoms with Crippen LogP contribution in [0.3, 0.4) is 0 Å². The largest absolute Gasteiger partial charge is 0.291 e. The van der Waals surface area contributed by atoms with Crippen molar-refractivity contribution in [1.82, 2.24) is 14.4 Å². The minimum absolute atomic E-state index is 0.448. The highest BCUT2D eigenvalue weighted by Gasteiger charge is 2.53. The first-order valence-corrected chi connectivity index (χ1v) is 17.9. The van der Waals surface area contributed by atoms with Crippen molar-refractivity contribution in [2.45, 2.75) is 5.41 Å². The lowest BCUT2D eigenvalue weighted by molar-refractivity contribution is 0.803. The summed E-state index contributed by atoms with van der Waals surface area (Å²) in [6.45, 7) is 0. The zero-order chi connectivity index (χ0) is 34.0. The molecule has 0 aliphatic heterocycles. The number of hydrogen-bond donors (Lipinski definition) is 0. The van der Waals surface area contributed by atoms with Crippen LogP contribution in [0.2, 0.25) is 0 Å². The Kier molecular flexibility index (Phi) is 5.43. The molecule has 1 spiro atoms. The van der Waals surface area contributed by atoms with Crippen LogP contribution in [0.5, 0.6) is 0 Å². The predicted molar refractivity (Wildman–Crippen MR) is 213 cm³/mol. The van der Waals surface area contributed by atoms with E-state index in [2.05, 4.69) is 157 Å². The average Bonchev–Trinajstić information content (AvgIpc) is 3.87. The normalized spacial score (nSPS) is 13.5. The van der Waals surface area contributed by atoms with Crippen molar-refractivity contribution in [3.05, 3.63) is 199 Å². The molecular weight excluding hydrogens is 631 g/mol. The number of hydrogen-bond acceptors (Lipinski definition) is 2. The number of aromatic nitrogens is 3. The third kappa shape index (κ3) is 3.54. The van der Waals surface area contributed by atoms with Crippen molar-refractivity contribution >= 4 is 38.1 Å². The lowest BCUT2D eigenvalue weighted by Crippen LogP contribution is -2.26. The highest BCUT2D eigenvalue weighted by atomic mass is 15.1. The first-order chi connectivity index (χ1) is 25.8. The van der Waals surface area contributed by atoms with E-state index in [-0.39, 0.29) is 0 Å². The van der Waals surface area contributed by atoms with E-state index in [4.69, 9.17) is 4.98 Å². The van der Waals surface area contributed by atoms with Gasteiger partial charge in [0.2, 0.25) is 5.78 Å². The molecule has 10 aromatic rings. The van der Waals surface area contributed by atoms with Crippen LogP contribution in [-0.4, -0.2) is 14.4 Å². The molecule has 0 saturated heterocycles. The Morgan fingerprint density at radius 2 is 1.10 bits per heavy atom. The summed E-state index contributed by atoms with van der Waals surface area (Å²) < 4.78 is 1.96. The van der Waals surface area contributed by atoms with Crippen LogP contribution in [0.4, 0.5) is 0 Å². The van der Waals surface area contributed by atoms with E-state index in [1.54, 1.807) is 6.20 Å². The second-order valence-corrected chi connectivity index (χ2v) is 14.2. The van der Waals surface area contributed by atoms with Crippen LogP contribution in [0.1, 0.15) is 22.3 Å². The lowest BCUT2D eigenvalue weighted by atomic mass is 9.69. The fourth-order valence-electron chi connectivity index (χ4n) is 9.54. The molecule has 8 aromatic carbocycles. The standard InChI is InChI=1S/C49H29N3/c1-3-14-39-35(10-1)36-11-2-4-15-40(36)47-46(39)41-27-33-23-22-32(30-18-20-31(21-19-30)45-29-52-25-9-24-50-48(52)51-45)26-34(33)28-44(41)49(47)42-16-7-5-12-37(42)38-13-6-8-17-43(38)49/h1-29H. The molecule has 2 aliphatic rings. The Morgan fingerprint density at radius 3 is 1.85 bits per heavy atom. The molecule has 2 heterocycles. The van der Waals surface area contributed by atoms with E-state index in [0.29, 0.717) is 5.78 Å². The third-order valence-corrected chi connectivity index (χ3v) is 11.7. The molecule has 0 bridgehead atoms. The van der Waals surface area contributed by atoms with E-state index >= 15 is 0 Å².